The molecule has 1 heterocycles. The Morgan fingerprint density at radius 3 is 2.71 bits per heavy atom. The minimum Gasteiger partial charge on any atom is -0.508 e. The van der Waals surface area contributed by atoms with Gasteiger partial charge in [0.1, 0.15) is 23.7 Å². The van der Waals surface area contributed by atoms with Crippen molar-refractivity contribution in [3.63, 3.8) is 0 Å². The molecule has 2 aliphatic carbocycles. The number of aldehydes is 1. The first-order chi connectivity index (χ1) is 14.5. The fraction of sp³-hybridized carbons (Fsp3) is 0.600. The molecule has 3 aliphatic rings. The fourth-order valence-electron chi connectivity index (χ4n) is 6.58. The smallest absolute Gasteiger partial charge is 0.302 e. The predicted molar refractivity (Wildman–Crippen MR) is 115 cm³/mol. The van der Waals surface area contributed by atoms with Crippen LogP contribution in [0, 0.1) is 16.7 Å². The summed E-state index contributed by atoms with van der Waals surface area (Å²) in [5.41, 5.74) is 0.931. The normalized spacial score (nSPS) is 33.4. The van der Waals surface area contributed by atoms with E-state index < -0.39 is 11.6 Å². The Kier molecular flexibility index (Phi) is 5.00. The maximum Gasteiger partial charge on any atom is 0.302 e. The highest BCUT2D eigenvalue weighted by Gasteiger charge is 2.66. The number of fused-ring (bicyclic) bond motifs is 3. The van der Waals surface area contributed by atoms with Gasteiger partial charge in [0.05, 0.1) is 11.7 Å². The minimum atomic E-state index is -0.759. The van der Waals surface area contributed by atoms with Crippen LogP contribution < -0.4 is 4.74 Å². The van der Waals surface area contributed by atoms with Crippen LogP contribution in [-0.4, -0.2) is 34.2 Å². The van der Waals surface area contributed by atoms with Crippen LogP contribution in [0.5, 0.6) is 11.5 Å². The highest BCUT2D eigenvalue weighted by Crippen LogP contribution is 2.66. The molecule has 2 fully saturated rings. The van der Waals surface area contributed by atoms with Crippen molar-refractivity contribution in [1.82, 2.24) is 0 Å². The zero-order valence-electron chi connectivity index (χ0n) is 18.8. The van der Waals surface area contributed by atoms with E-state index in [4.69, 9.17) is 9.47 Å². The van der Waals surface area contributed by atoms with Gasteiger partial charge in [-0.25, -0.2) is 0 Å². The number of phenols is 1. The lowest BCUT2D eigenvalue weighted by atomic mass is 9.45. The molecule has 0 bridgehead atoms. The van der Waals surface area contributed by atoms with E-state index in [1.807, 2.05) is 0 Å². The molecule has 2 saturated carbocycles. The van der Waals surface area contributed by atoms with E-state index >= 15 is 0 Å². The molecule has 0 aromatic heterocycles. The van der Waals surface area contributed by atoms with Crippen molar-refractivity contribution in [1.29, 1.82) is 0 Å². The van der Waals surface area contributed by atoms with Gasteiger partial charge in [0, 0.05) is 29.9 Å². The number of carbonyl (C=O) groups is 2. The van der Waals surface area contributed by atoms with Crippen LogP contribution in [0.25, 0.3) is 0 Å². The number of rotatable bonds is 3. The molecule has 1 aromatic rings. The molecule has 4 atom stereocenters. The number of phenolic OH excluding ortho intramolecular Hbond substituents is 1. The minimum absolute atomic E-state index is 0.0354. The molecule has 4 rings (SSSR count). The first-order valence-electron chi connectivity index (χ1n) is 11.0. The van der Waals surface area contributed by atoms with Crippen LogP contribution in [0.2, 0.25) is 0 Å². The van der Waals surface area contributed by atoms with E-state index in [0.717, 1.165) is 24.8 Å². The number of aliphatic hydroxyl groups is 1. The van der Waals surface area contributed by atoms with Gasteiger partial charge in [0.25, 0.3) is 0 Å². The van der Waals surface area contributed by atoms with Gasteiger partial charge in [-0.1, -0.05) is 27.4 Å². The fourth-order valence-corrected chi connectivity index (χ4v) is 6.58. The van der Waals surface area contributed by atoms with Gasteiger partial charge in [0.15, 0.2) is 6.29 Å². The Balaban J connectivity index is 1.82. The van der Waals surface area contributed by atoms with E-state index in [-0.39, 0.29) is 35.2 Å². The quantitative estimate of drug-likeness (QED) is 0.428. The van der Waals surface area contributed by atoms with Crippen LogP contribution in [-0.2, 0) is 22.6 Å². The van der Waals surface area contributed by atoms with Crippen molar-refractivity contribution in [2.24, 2.45) is 16.7 Å². The van der Waals surface area contributed by atoms with Gasteiger partial charge in [-0.3, -0.25) is 9.59 Å². The summed E-state index contributed by atoms with van der Waals surface area (Å²) >= 11 is 0. The Morgan fingerprint density at radius 2 is 2.06 bits per heavy atom. The molecule has 0 amide bonds. The van der Waals surface area contributed by atoms with Crippen molar-refractivity contribution in [2.75, 3.05) is 0 Å². The topological polar surface area (TPSA) is 93.1 Å². The van der Waals surface area contributed by atoms with Crippen molar-refractivity contribution in [3.05, 3.63) is 34.9 Å². The molecule has 1 aliphatic heterocycles. The van der Waals surface area contributed by atoms with Gasteiger partial charge in [-0.2, -0.15) is 0 Å². The summed E-state index contributed by atoms with van der Waals surface area (Å²) in [7, 11) is 0. The number of hydrogen-bond acceptors (Lipinski definition) is 6. The van der Waals surface area contributed by atoms with Crippen molar-refractivity contribution >= 4 is 12.3 Å². The summed E-state index contributed by atoms with van der Waals surface area (Å²) in [6.07, 6.45) is 3.88. The van der Waals surface area contributed by atoms with Crippen LogP contribution in [0.15, 0.2) is 18.2 Å². The zero-order chi connectivity index (χ0) is 22.8. The summed E-state index contributed by atoms with van der Waals surface area (Å²) in [5, 5.41) is 21.6. The number of esters is 1. The molecule has 2 N–H and O–H groups in total. The second-order valence-corrected chi connectivity index (χ2v) is 10.3. The number of benzene rings is 1. The lowest BCUT2D eigenvalue weighted by Gasteiger charge is -2.62. The van der Waals surface area contributed by atoms with E-state index in [0.29, 0.717) is 41.6 Å². The first kappa shape index (κ1) is 21.9. The lowest BCUT2D eigenvalue weighted by Crippen LogP contribution is -2.64. The van der Waals surface area contributed by atoms with Crippen molar-refractivity contribution < 1.29 is 29.3 Å². The number of carbonyl (C=O) groups excluding carboxylic acids is 2. The molecule has 31 heavy (non-hydrogen) atoms. The summed E-state index contributed by atoms with van der Waals surface area (Å²) in [4.78, 5) is 23.3. The van der Waals surface area contributed by atoms with Gasteiger partial charge >= 0.3 is 5.97 Å². The molecule has 6 heteroatoms. The van der Waals surface area contributed by atoms with Gasteiger partial charge in [0.2, 0.25) is 0 Å². The SMILES string of the molecule is C=C1CC[C@H]2C(C)(C)[C@H](O)CC[C@]2(C)[C@@]12Cc1c(O)cc(COC(C)=O)c(C=O)c1O2. The van der Waals surface area contributed by atoms with Crippen LogP contribution in [0.1, 0.15) is 74.9 Å². The molecule has 6 nitrogen and oxygen atoms in total. The Hall–Kier alpha value is -2.34. The average Bonchev–Trinajstić information content (AvgIpc) is 3.11. The number of ether oxygens (including phenoxy) is 2. The maximum atomic E-state index is 12.0. The first-order valence-corrected chi connectivity index (χ1v) is 11.0. The molecule has 0 radical (unpaired) electrons. The van der Waals surface area contributed by atoms with Crippen LogP contribution in [0.3, 0.4) is 0 Å². The summed E-state index contributed by atoms with van der Waals surface area (Å²) < 4.78 is 11.8. The largest absolute Gasteiger partial charge is 0.508 e. The third kappa shape index (κ3) is 2.94. The maximum absolute atomic E-state index is 12.0. The highest BCUT2D eigenvalue weighted by atomic mass is 16.5. The van der Waals surface area contributed by atoms with E-state index in [2.05, 4.69) is 27.4 Å². The summed E-state index contributed by atoms with van der Waals surface area (Å²) in [6.45, 7) is 12.0. The average molecular weight is 429 g/mol. The second kappa shape index (κ2) is 7.09. The van der Waals surface area contributed by atoms with Gasteiger partial charge in [-0.05, 0) is 48.7 Å². The molecule has 1 spiro atoms. The summed E-state index contributed by atoms with van der Waals surface area (Å²) in [6, 6.07) is 1.49. The molecule has 0 unspecified atom stereocenters. The standard InChI is InChI=1S/C25H32O6/c1-14-6-7-20-23(3,4)21(29)8-9-24(20,5)25(14)11-17-19(28)10-16(13-30-15(2)27)18(12-26)22(17)31-25/h10,12,20-21,28-29H,1,6-9,11,13H2,2-5H3/t20-,21+,24-,25+/m0/s1. The molecular weight excluding hydrogens is 396 g/mol. The molecule has 168 valence electrons. The van der Waals surface area contributed by atoms with Gasteiger partial charge < -0.3 is 19.7 Å². The van der Waals surface area contributed by atoms with Crippen LogP contribution >= 0.6 is 0 Å². The number of aliphatic hydroxyl groups excluding tert-OH is 1. The third-order valence-electron chi connectivity index (χ3n) is 8.43. The van der Waals surface area contributed by atoms with Crippen molar-refractivity contribution in [2.45, 2.75) is 78.1 Å². The van der Waals surface area contributed by atoms with E-state index in [1.54, 1.807) is 0 Å². The number of aromatic hydroxyl groups is 1. The zero-order valence-corrected chi connectivity index (χ0v) is 18.8. The molecule has 0 saturated heterocycles. The predicted octanol–water partition coefficient (Wildman–Crippen LogP) is 4.09. The Morgan fingerprint density at radius 1 is 1.35 bits per heavy atom. The van der Waals surface area contributed by atoms with E-state index in [9.17, 15) is 19.8 Å². The Bertz CT molecular complexity index is 963. The summed E-state index contributed by atoms with van der Waals surface area (Å²) in [5.74, 6) is 0.136. The molecular formula is C25H32O6. The van der Waals surface area contributed by atoms with Gasteiger partial charge in [-0.15, -0.1) is 0 Å². The Labute approximate surface area is 183 Å². The highest BCUT2D eigenvalue weighted by molar-refractivity contribution is 5.85. The van der Waals surface area contributed by atoms with Crippen LogP contribution in [0.4, 0.5) is 0 Å². The van der Waals surface area contributed by atoms with Crippen molar-refractivity contribution in [3.8, 4) is 11.5 Å². The second-order valence-electron chi connectivity index (χ2n) is 10.3. The lowest BCUT2D eigenvalue weighted by molar-refractivity contribution is -0.170. The van der Waals surface area contributed by atoms with E-state index in [1.165, 1.54) is 13.0 Å². The third-order valence-corrected chi connectivity index (χ3v) is 8.43. The number of hydrogen-bond donors (Lipinski definition) is 2. The molecule has 1 aromatic carbocycles. The monoisotopic (exact) mass is 428 g/mol.